The van der Waals surface area contributed by atoms with E-state index in [2.05, 4.69) is 15.2 Å². The van der Waals surface area contributed by atoms with Gasteiger partial charge in [-0.1, -0.05) is 75.3 Å². The quantitative estimate of drug-likeness (QED) is 0.362. The first-order valence-electron chi connectivity index (χ1n) is 12.9. The lowest BCUT2D eigenvalue weighted by Crippen LogP contribution is -2.54. The number of hydrogen-bond donors (Lipinski definition) is 2. The Hall–Kier alpha value is -3.66. The molecule has 0 aliphatic heterocycles. The Morgan fingerprint density at radius 3 is 2.23 bits per heavy atom. The summed E-state index contributed by atoms with van der Waals surface area (Å²) in [5.41, 5.74) is 2.77. The van der Waals surface area contributed by atoms with E-state index in [1.54, 1.807) is 44.0 Å². The smallest absolute Gasteiger partial charge is 0.264 e. The van der Waals surface area contributed by atoms with E-state index in [0.29, 0.717) is 35.2 Å². The number of nitrogens with zero attached hydrogens (tertiary/aromatic N) is 2. The van der Waals surface area contributed by atoms with E-state index in [0.717, 1.165) is 5.56 Å². The summed E-state index contributed by atoms with van der Waals surface area (Å²) in [6, 6.07) is 13.4. The molecule has 0 bridgehead atoms. The van der Waals surface area contributed by atoms with Crippen molar-refractivity contribution in [2.45, 2.75) is 71.9 Å². The number of carbonyl (C=O) groups is 2. The van der Waals surface area contributed by atoms with E-state index in [-0.39, 0.29) is 29.1 Å². The van der Waals surface area contributed by atoms with Gasteiger partial charge in [-0.25, -0.2) is 13.1 Å². The molecule has 0 unspecified atom stereocenters. The number of benzene rings is 2. The van der Waals surface area contributed by atoms with Gasteiger partial charge < -0.3 is 14.7 Å². The first-order valence-corrected chi connectivity index (χ1v) is 14.4. The summed E-state index contributed by atoms with van der Waals surface area (Å²) in [5.74, 6) is -0.225. The third kappa shape index (κ3) is 6.86. The van der Waals surface area contributed by atoms with Crippen LogP contribution in [-0.2, 0) is 26.2 Å². The lowest BCUT2D eigenvalue weighted by atomic mass is 9.84. The Kier molecular flexibility index (Phi) is 9.22. The van der Waals surface area contributed by atoms with Crippen LogP contribution in [-0.4, -0.2) is 43.4 Å². The first-order chi connectivity index (χ1) is 18.3. The number of anilines is 1. The highest BCUT2D eigenvalue weighted by Gasteiger charge is 2.38. The highest BCUT2D eigenvalue weighted by atomic mass is 32.2. The van der Waals surface area contributed by atoms with Crippen molar-refractivity contribution in [2.75, 3.05) is 11.8 Å². The number of aromatic nitrogens is 1. The molecule has 2 aromatic carbocycles. The number of carbonyl (C=O) groups excluding carboxylic acids is 2. The largest absolute Gasteiger partial charge is 0.357 e. The van der Waals surface area contributed by atoms with E-state index in [1.807, 2.05) is 52.0 Å². The van der Waals surface area contributed by atoms with E-state index in [1.165, 1.54) is 6.07 Å². The molecule has 0 fully saturated rings. The second-order valence-electron chi connectivity index (χ2n) is 10.7. The van der Waals surface area contributed by atoms with Gasteiger partial charge in [-0.3, -0.25) is 9.59 Å². The second-order valence-corrected chi connectivity index (χ2v) is 12.3. The molecule has 0 aliphatic rings. The third-order valence-corrected chi connectivity index (χ3v) is 7.98. The Bertz CT molecular complexity index is 1420. The number of sulfonamides is 1. The van der Waals surface area contributed by atoms with Crippen LogP contribution in [0, 0.1) is 19.3 Å². The van der Waals surface area contributed by atoms with E-state index in [9.17, 15) is 18.0 Å². The third-order valence-electron chi connectivity index (χ3n) is 6.59. The molecule has 2 N–H and O–H groups in total. The summed E-state index contributed by atoms with van der Waals surface area (Å²) < 4.78 is 34.2. The normalized spacial score (nSPS) is 12.6. The molecule has 0 aliphatic carbocycles. The number of amides is 2. The molecule has 210 valence electrons. The van der Waals surface area contributed by atoms with E-state index < -0.39 is 21.5 Å². The topological polar surface area (TPSA) is 122 Å². The van der Waals surface area contributed by atoms with Gasteiger partial charge in [0.15, 0.2) is 0 Å². The Labute approximate surface area is 231 Å². The average molecular weight is 555 g/mol. The average Bonchev–Trinajstić information content (AvgIpc) is 3.19. The number of likely N-dealkylation sites (N-methyl/N-ethyl adjacent to an activating group) is 1. The summed E-state index contributed by atoms with van der Waals surface area (Å²) in [5, 5.41) is 6.52. The Morgan fingerprint density at radius 2 is 1.69 bits per heavy atom. The molecule has 39 heavy (non-hydrogen) atoms. The maximum absolute atomic E-state index is 13.3. The molecule has 10 heteroatoms. The monoisotopic (exact) mass is 554 g/mol. The lowest BCUT2D eigenvalue weighted by molar-refractivity contribution is -0.145. The van der Waals surface area contributed by atoms with E-state index in [4.69, 9.17) is 4.52 Å². The number of nitrogens with one attached hydrogen (secondary N) is 2. The first kappa shape index (κ1) is 29.9. The van der Waals surface area contributed by atoms with E-state index >= 15 is 0 Å². The molecule has 3 rings (SSSR count). The van der Waals surface area contributed by atoms with Crippen molar-refractivity contribution in [3.63, 3.8) is 0 Å². The number of rotatable bonds is 10. The molecule has 2 amide bonds. The zero-order valence-corrected chi connectivity index (χ0v) is 24.5. The summed E-state index contributed by atoms with van der Waals surface area (Å²) in [7, 11) is -2.40. The molecule has 0 saturated heterocycles. The van der Waals surface area contributed by atoms with Crippen molar-refractivity contribution in [2.24, 2.45) is 5.41 Å². The summed E-state index contributed by atoms with van der Waals surface area (Å²) in [6.07, 6.45) is 1.01. The van der Waals surface area contributed by atoms with Gasteiger partial charge in [0.05, 0.1) is 10.6 Å². The van der Waals surface area contributed by atoms with Gasteiger partial charge in [0, 0.05) is 31.1 Å². The van der Waals surface area contributed by atoms with Crippen molar-refractivity contribution < 1.29 is 22.5 Å². The van der Waals surface area contributed by atoms with Crippen molar-refractivity contribution in [1.29, 1.82) is 0 Å². The Balaban J connectivity index is 1.94. The zero-order valence-electron chi connectivity index (χ0n) is 23.7. The van der Waals surface area contributed by atoms with Gasteiger partial charge in [0.25, 0.3) is 10.0 Å². The van der Waals surface area contributed by atoms with Crippen molar-refractivity contribution >= 4 is 27.7 Å². The molecule has 1 aromatic heterocycles. The van der Waals surface area contributed by atoms with Crippen LogP contribution in [0.4, 0.5) is 5.88 Å². The van der Waals surface area contributed by atoms with Crippen molar-refractivity contribution in [3.05, 3.63) is 65.4 Å². The fourth-order valence-corrected chi connectivity index (χ4v) is 5.71. The van der Waals surface area contributed by atoms with Crippen LogP contribution >= 0.6 is 0 Å². The molecule has 0 spiro atoms. The minimum Gasteiger partial charge on any atom is -0.357 e. The molecule has 0 saturated carbocycles. The maximum atomic E-state index is 13.3. The van der Waals surface area contributed by atoms with Crippen molar-refractivity contribution in [3.8, 4) is 11.1 Å². The van der Waals surface area contributed by atoms with Crippen LogP contribution in [0.3, 0.4) is 0 Å². The van der Waals surface area contributed by atoms with Gasteiger partial charge in [-0.2, -0.15) is 0 Å². The minimum atomic E-state index is -3.97. The number of hydrogen-bond acceptors (Lipinski definition) is 6. The fourth-order valence-electron chi connectivity index (χ4n) is 4.43. The van der Waals surface area contributed by atoms with Gasteiger partial charge in [-0.05, 0) is 42.9 Å². The standard InChI is InChI=1S/C29H38N4O5S/c1-8-11-25(34)33(26(27(35)30-7)29(4,5)6)18-21-14-16-22(17-15-21)23-12-9-10-13-24(23)39(36,37)32-28-19(2)20(3)31-38-28/h9-10,12-17,26,32H,8,11,18H2,1-7H3,(H,30,35)/t26-/m1/s1. The van der Waals surface area contributed by atoms with Gasteiger partial charge in [0.2, 0.25) is 17.7 Å². The van der Waals surface area contributed by atoms with Crippen LogP contribution in [0.25, 0.3) is 11.1 Å². The van der Waals surface area contributed by atoms with Crippen LogP contribution in [0.1, 0.15) is 57.4 Å². The maximum Gasteiger partial charge on any atom is 0.264 e. The molecular formula is C29H38N4O5S. The Morgan fingerprint density at radius 1 is 1.05 bits per heavy atom. The van der Waals surface area contributed by atoms with Gasteiger partial charge in [0.1, 0.15) is 6.04 Å². The highest BCUT2D eigenvalue weighted by Crippen LogP contribution is 2.31. The van der Waals surface area contributed by atoms with Crippen LogP contribution in [0.2, 0.25) is 0 Å². The number of aryl methyl sites for hydroxylation is 1. The zero-order chi connectivity index (χ0) is 29.0. The summed E-state index contributed by atoms with van der Waals surface area (Å²) >= 11 is 0. The van der Waals surface area contributed by atoms with Crippen LogP contribution < -0.4 is 10.0 Å². The molecule has 0 radical (unpaired) electrons. The molecular weight excluding hydrogens is 516 g/mol. The highest BCUT2D eigenvalue weighted by molar-refractivity contribution is 7.92. The molecule has 9 nitrogen and oxygen atoms in total. The second kappa shape index (κ2) is 12.0. The van der Waals surface area contributed by atoms with Gasteiger partial charge >= 0.3 is 0 Å². The van der Waals surface area contributed by atoms with Crippen LogP contribution in [0.15, 0.2) is 57.9 Å². The predicted molar refractivity (Wildman–Crippen MR) is 151 cm³/mol. The van der Waals surface area contributed by atoms with Gasteiger partial charge in [-0.15, -0.1) is 0 Å². The predicted octanol–water partition coefficient (Wildman–Crippen LogP) is 5.05. The summed E-state index contributed by atoms with van der Waals surface area (Å²) in [4.78, 5) is 27.7. The molecule has 3 aromatic rings. The molecule has 1 atom stereocenters. The lowest BCUT2D eigenvalue weighted by Gasteiger charge is -2.39. The SMILES string of the molecule is CCCC(=O)N(Cc1ccc(-c2ccccc2S(=O)(=O)Nc2onc(C)c2C)cc1)[C@H](C(=O)NC)C(C)(C)C. The van der Waals surface area contributed by atoms with Crippen molar-refractivity contribution in [1.82, 2.24) is 15.4 Å². The van der Waals surface area contributed by atoms with Crippen LogP contribution in [0.5, 0.6) is 0 Å². The summed E-state index contributed by atoms with van der Waals surface area (Å²) in [6.45, 7) is 11.5. The fraction of sp³-hybridized carbons (Fsp3) is 0.414. The minimum absolute atomic E-state index is 0.0824. The molecule has 1 heterocycles.